The Morgan fingerprint density at radius 1 is 1.10 bits per heavy atom. The summed E-state index contributed by atoms with van der Waals surface area (Å²) in [7, 11) is 1.18. The molecule has 2 amide bonds. The van der Waals surface area contributed by atoms with Crippen molar-refractivity contribution in [1.82, 2.24) is 21.3 Å². The van der Waals surface area contributed by atoms with Crippen molar-refractivity contribution in [1.29, 1.82) is 5.41 Å². The highest BCUT2D eigenvalue weighted by atomic mass is 16.7. The van der Waals surface area contributed by atoms with E-state index in [0.29, 0.717) is 43.6 Å². The van der Waals surface area contributed by atoms with Crippen LogP contribution in [0, 0.1) is 34.5 Å². The lowest BCUT2D eigenvalue weighted by Crippen LogP contribution is -2.65. The zero-order valence-electron chi connectivity index (χ0n) is 27.7. The van der Waals surface area contributed by atoms with Crippen molar-refractivity contribution in [2.45, 2.75) is 130 Å². The minimum absolute atomic E-state index is 0.0442. The fourth-order valence-electron chi connectivity index (χ4n) is 7.31. The Labute approximate surface area is 255 Å². The monoisotopic (exact) mass is 587 g/mol. The Hall–Kier alpha value is -2.07. The second-order valence-corrected chi connectivity index (χ2v) is 14.6. The van der Waals surface area contributed by atoms with Crippen molar-refractivity contribution < 1.29 is 18.9 Å². The SMILES string of the molecule is CNC(=N)NCCC[C@H](NC(=O)C[C@@H](C)CCC=C(C)C)C(=O)N[C@@H](CC(C)C)B1O[C@@H]2C[C@@H]3C[C@@H](C3(C)C)[C@]2(C)O1. The number of rotatable bonds is 15. The lowest BCUT2D eigenvalue weighted by atomic mass is 9.43. The van der Waals surface area contributed by atoms with Crippen molar-refractivity contribution in [3.63, 3.8) is 0 Å². The second-order valence-electron chi connectivity index (χ2n) is 14.6. The van der Waals surface area contributed by atoms with Gasteiger partial charge in [0.05, 0.1) is 17.6 Å². The zero-order chi connectivity index (χ0) is 31.2. The smallest absolute Gasteiger partial charge is 0.404 e. The van der Waals surface area contributed by atoms with Gasteiger partial charge in [0.2, 0.25) is 11.8 Å². The minimum atomic E-state index is -0.672. The van der Waals surface area contributed by atoms with E-state index in [1.165, 1.54) is 12.0 Å². The first kappa shape index (κ1) is 34.4. The second kappa shape index (κ2) is 14.6. The first-order valence-corrected chi connectivity index (χ1v) is 16.2. The third kappa shape index (κ3) is 8.52. The summed E-state index contributed by atoms with van der Waals surface area (Å²) >= 11 is 0. The van der Waals surface area contributed by atoms with Gasteiger partial charge in [-0.15, -0.1) is 0 Å². The van der Waals surface area contributed by atoms with Crippen LogP contribution in [0.1, 0.15) is 107 Å². The fourth-order valence-corrected chi connectivity index (χ4v) is 7.31. The van der Waals surface area contributed by atoms with Crippen molar-refractivity contribution >= 4 is 24.9 Å². The molecule has 0 aromatic heterocycles. The maximum absolute atomic E-state index is 13.8. The van der Waals surface area contributed by atoms with Gasteiger partial charge in [0.15, 0.2) is 5.96 Å². The normalized spacial score (nSPS) is 27.7. The van der Waals surface area contributed by atoms with Gasteiger partial charge in [-0.2, -0.15) is 0 Å². The number of hydrogen-bond donors (Lipinski definition) is 5. The third-order valence-electron chi connectivity index (χ3n) is 9.97. The highest BCUT2D eigenvalue weighted by molar-refractivity contribution is 6.48. The Bertz CT molecular complexity index is 984. The molecule has 4 aliphatic rings. The lowest BCUT2D eigenvalue weighted by molar-refractivity contribution is -0.199. The topological polar surface area (TPSA) is 125 Å². The third-order valence-corrected chi connectivity index (χ3v) is 9.97. The summed E-state index contributed by atoms with van der Waals surface area (Å²) < 4.78 is 13.3. The van der Waals surface area contributed by atoms with Crippen molar-refractivity contribution in [2.75, 3.05) is 13.6 Å². The number of allylic oxidation sites excluding steroid dienone is 2. The number of carbonyl (C=O) groups excluding carboxylic acids is 2. The maximum atomic E-state index is 13.8. The van der Waals surface area contributed by atoms with Crippen LogP contribution >= 0.6 is 0 Å². The van der Waals surface area contributed by atoms with Crippen LogP contribution < -0.4 is 21.3 Å². The lowest BCUT2D eigenvalue weighted by Gasteiger charge is -2.64. The standard InChI is InChI=1S/C32H58BN5O4/c1-20(2)12-10-13-22(5)17-28(39)37-24(14-11-15-36-30(34)35-9)29(40)38-27(16-21(3)4)33-41-26-19-23-18-25(31(23,6)7)32(26,8)42-33/h12,21-27H,10-11,13-19H2,1-9H3,(H,37,39)(H,38,40)(H3,34,35,36)/t22-,23-,24-,25-,26+,27-,32-/m0/s1. The zero-order valence-corrected chi connectivity index (χ0v) is 27.7. The Morgan fingerprint density at radius 2 is 1.81 bits per heavy atom. The molecule has 0 spiro atoms. The highest BCUT2D eigenvalue weighted by Gasteiger charge is 2.68. The molecule has 1 saturated heterocycles. The molecule has 10 heteroatoms. The van der Waals surface area contributed by atoms with E-state index in [9.17, 15) is 9.59 Å². The fraction of sp³-hybridized carbons (Fsp3) is 0.844. The van der Waals surface area contributed by atoms with Crippen LogP contribution in [0.4, 0.5) is 0 Å². The van der Waals surface area contributed by atoms with Crippen LogP contribution in [-0.2, 0) is 18.9 Å². The number of hydrogen-bond acceptors (Lipinski definition) is 5. The van der Waals surface area contributed by atoms with Gasteiger partial charge in [-0.25, -0.2) is 0 Å². The summed E-state index contributed by atoms with van der Waals surface area (Å²) in [6.07, 6.45) is 8.49. The molecule has 2 bridgehead atoms. The molecule has 0 unspecified atom stereocenters. The Kier molecular flexibility index (Phi) is 12.0. The number of nitrogens with one attached hydrogen (secondary N) is 5. The van der Waals surface area contributed by atoms with Crippen molar-refractivity contribution in [3.05, 3.63) is 11.6 Å². The summed E-state index contributed by atoms with van der Waals surface area (Å²) in [5.41, 5.74) is 1.18. The molecule has 42 heavy (non-hydrogen) atoms. The van der Waals surface area contributed by atoms with Crippen molar-refractivity contribution in [2.24, 2.45) is 29.1 Å². The van der Waals surface area contributed by atoms with Gasteiger partial charge in [-0.1, -0.05) is 46.3 Å². The van der Waals surface area contributed by atoms with Crippen LogP contribution in [0.5, 0.6) is 0 Å². The van der Waals surface area contributed by atoms with E-state index in [2.05, 4.69) is 82.7 Å². The molecular formula is C32H58BN5O4. The average molecular weight is 588 g/mol. The van der Waals surface area contributed by atoms with Gasteiger partial charge in [-0.05, 0) is 94.8 Å². The van der Waals surface area contributed by atoms with Crippen molar-refractivity contribution in [3.8, 4) is 0 Å². The van der Waals surface area contributed by atoms with Gasteiger partial charge in [0, 0.05) is 20.0 Å². The number of carbonyl (C=O) groups is 2. The molecule has 1 heterocycles. The van der Waals surface area contributed by atoms with Crippen LogP contribution in [-0.4, -0.2) is 62.2 Å². The van der Waals surface area contributed by atoms with E-state index in [-0.39, 0.29) is 46.8 Å². The Balaban J connectivity index is 1.67. The van der Waals surface area contributed by atoms with Crippen LogP contribution in [0.3, 0.4) is 0 Å². The molecule has 3 saturated carbocycles. The van der Waals surface area contributed by atoms with Gasteiger partial charge < -0.3 is 30.6 Å². The van der Waals surface area contributed by atoms with E-state index < -0.39 is 13.2 Å². The maximum Gasteiger partial charge on any atom is 0.481 e. The van der Waals surface area contributed by atoms with E-state index in [0.717, 1.165) is 25.7 Å². The van der Waals surface area contributed by atoms with Gasteiger partial charge >= 0.3 is 7.12 Å². The van der Waals surface area contributed by atoms with E-state index in [1.807, 2.05) is 0 Å². The quantitative estimate of drug-likeness (QED) is 0.0629. The van der Waals surface area contributed by atoms with Gasteiger partial charge in [-0.3, -0.25) is 15.0 Å². The molecule has 3 aliphatic carbocycles. The molecule has 5 N–H and O–H groups in total. The van der Waals surface area contributed by atoms with Gasteiger partial charge in [0.25, 0.3) is 0 Å². The molecule has 4 fully saturated rings. The van der Waals surface area contributed by atoms with E-state index >= 15 is 0 Å². The number of amides is 2. The minimum Gasteiger partial charge on any atom is -0.404 e. The predicted molar refractivity (Wildman–Crippen MR) is 170 cm³/mol. The summed E-state index contributed by atoms with van der Waals surface area (Å²) in [4.78, 5) is 26.9. The molecule has 4 rings (SSSR count). The van der Waals surface area contributed by atoms with Crippen LogP contribution in [0.2, 0.25) is 0 Å². The first-order valence-electron chi connectivity index (χ1n) is 16.2. The molecule has 7 atom stereocenters. The Morgan fingerprint density at radius 3 is 2.43 bits per heavy atom. The highest BCUT2D eigenvalue weighted by Crippen LogP contribution is 2.65. The van der Waals surface area contributed by atoms with E-state index in [4.69, 9.17) is 14.7 Å². The largest absolute Gasteiger partial charge is 0.481 e. The van der Waals surface area contributed by atoms with Crippen LogP contribution in [0.25, 0.3) is 0 Å². The summed E-state index contributed by atoms with van der Waals surface area (Å²) in [6.45, 7) is 18.0. The summed E-state index contributed by atoms with van der Waals surface area (Å²) in [5, 5.41) is 19.8. The molecule has 9 nitrogen and oxygen atoms in total. The summed E-state index contributed by atoms with van der Waals surface area (Å²) in [6, 6.07) is -0.672. The van der Waals surface area contributed by atoms with Gasteiger partial charge in [0.1, 0.15) is 6.04 Å². The number of guanidine groups is 1. The molecule has 0 aromatic rings. The summed E-state index contributed by atoms with van der Waals surface area (Å²) in [5.74, 6) is 1.26. The predicted octanol–water partition coefficient (Wildman–Crippen LogP) is 4.57. The van der Waals surface area contributed by atoms with E-state index in [1.54, 1.807) is 7.05 Å². The molecule has 1 aliphatic heterocycles. The first-order chi connectivity index (χ1) is 19.7. The molecular weight excluding hydrogens is 529 g/mol. The van der Waals surface area contributed by atoms with Crippen LogP contribution in [0.15, 0.2) is 11.6 Å². The molecule has 0 radical (unpaired) electrons. The molecule has 238 valence electrons. The average Bonchev–Trinajstić information content (AvgIpc) is 3.26. The molecule has 0 aromatic carbocycles.